The number of amides is 1. The van der Waals surface area contributed by atoms with E-state index in [1.807, 2.05) is 81.4 Å². The van der Waals surface area contributed by atoms with Gasteiger partial charge in [0.05, 0.1) is 5.92 Å². The van der Waals surface area contributed by atoms with Gasteiger partial charge in [-0.2, -0.15) is 0 Å². The highest BCUT2D eigenvalue weighted by Gasteiger charge is 2.31. The van der Waals surface area contributed by atoms with Crippen molar-refractivity contribution in [2.75, 3.05) is 6.61 Å². The Morgan fingerprint density at radius 1 is 0.857 bits per heavy atom. The van der Waals surface area contributed by atoms with Crippen molar-refractivity contribution < 1.29 is 29.0 Å². The number of esters is 1. The van der Waals surface area contributed by atoms with E-state index in [1.165, 1.54) is 5.56 Å². The van der Waals surface area contributed by atoms with Gasteiger partial charge in [0.1, 0.15) is 18.2 Å². The highest BCUT2D eigenvalue weighted by Crippen LogP contribution is 2.44. The van der Waals surface area contributed by atoms with Gasteiger partial charge < -0.3 is 19.9 Å². The van der Waals surface area contributed by atoms with Crippen LogP contribution >= 0.6 is 0 Å². The molecule has 2 N–H and O–H groups in total. The topological polar surface area (TPSA) is 102 Å². The van der Waals surface area contributed by atoms with E-state index in [9.17, 15) is 19.5 Å². The average molecular weight is 570 g/mol. The minimum atomic E-state index is -1.12. The van der Waals surface area contributed by atoms with E-state index < -0.39 is 23.7 Å². The molecule has 0 aliphatic heterocycles. The molecule has 42 heavy (non-hydrogen) atoms. The Morgan fingerprint density at radius 3 is 1.98 bits per heavy atom. The number of carboxylic acids is 1. The molecule has 1 amide bonds. The number of alkyl carbamates (subject to hydrolysis) is 1. The number of hydrogen-bond donors (Lipinski definition) is 2. The van der Waals surface area contributed by atoms with Crippen LogP contribution in [0.15, 0.2) is 72.8 Å². The van der Waals surface area contributed by atoms with Gasteiger partial charge in [0, 0.05) is 12.3 Å². The van der Waals surface area contributed by atoms with E-state index in [1.54, 1.807) is 0 Å². The molecule has 7 nitrogen and oxygen atoms in total. The molecule has 3 aromatic rings. The van der Waals surface area contributed by atoms with E-state index in [-0.39, 0.29) is 30.8 Å². The normalized spacial score (nSPS) is 18.8. The van der Waals surface area contributed by atoms with Crippen molar-refractivity contribution in [2.45, 2.75) is 76.4 Å². The van der Waals surface area contributed by atoms with Crippen LogP contribution in [0.5, 0.6) is 0 Å². The quantitative estimate of drug-likeness (QED) is 0.288. The lowest BCUT2D eigenvalue weighted by molar-refractivity contribution is -0.161. The molecule has 1 atom stereocenters. The molecule has 0 unspecified atom stereocenters. The first kappa shape index (κ1) is 29.4. The van der Waals surface area contributed by atoms with Gasteiger partial charge in [-0.15, -0.1) is 0 Å². The molecule has 1 saturated carbocycles. The minimum Gasteiger partial charge on any atom is -0.480 e. The lowest BCUT2D eigenvalue weighted by Gasteiger charge is -2.30. The van der Waals surface area contributed by atoms with Crippen LogP contribution in [0.4, 0.5) is 4.79 Å². The number of carbonyl (C=O) groups is 3. The summed E-state index contributed by atoms with van der Waals surface area (Å²) in [6.45, 7) is 5.79. The number of fused-ring (bicyclic) bond motifs is 3. The zero-order chi connectivity index (χ0) is 29.9. The molecule has 3 aromatic carbocycles. The van der Waals surface area contributed by atoms with Gasteiger partial charge in [-0.1, -0.05) is 72.8 Å². The maximum absolute atomic E-state index is 12.7. The smallest absolute Gasteiger partial charge is 0.407 e. The van der Waals surface area contributed by atoms with Gasteiger partial charge in [0.2, 0.25) is 0 Å². The first-order valence-corrected chi connectivity index (χ1v) is 14.7. The summed E-state index contributed by atoms with van der Waals surface area (Å²) < 4.78 is 11.1. The van der Waals surface area contributed by atoms with Crippen LogP contribution in [0.2, 0.25) is 0 Å². The number of hydrogen-bond acceptors (Lipinski definition) is 5. The van der Waals surface area contributed by atoms with Gasteiger partial charge >= 0.3 is 18.0 Å². The van der Waals surface area contributed by atoms with E-state index in [0.717, 1.165) is 53.5 Å². The molecule has 5 rings (SSSR count). The fourth-order valence-corrected chi connectivity index (χ4v) is 6.19. The fraction of sp³-hybridized carbons (Fsp3) is 0.400. The molecular weight excluding hydrogens is 530 g/mol. The van der Waals surface area contributed by atoms with E-state index >= 15 is 0 Å². The van der Waals surface area contributed by atoms with Crippen molar-refractivity contribution in [3.8, 4) is 11.1 Å². The van der Waals surface area contributed by atoms with E-state index in [2.05, 4.69) is 17.4 Å². The molecular formula is C35H39NO6. The summed E-state index contributed by atoms with van der Waals surface area (Å²) in [4.78, 5) is 37.1. The summed E-state index contributed by atoms with van der Waals surface area (Å²) >= 11 is 0. The molecule has 0 radical (unpaired) electrons. The Hall–Kier alpha value is -4.13. The van der Waals surface area contributed by atoms with Crippen LogP contribution in [0, 0.1) is 5.92 Å². The molecule has 220 valence electrons. The minimum absolute atomic E-state index is 0.0555. The lowest BCUT2D eigenvalue weighted by Crippen LogP contribution is -2.42. The highest BCUT2D eigenvalue weighted by atomic mass is 16.6. The van der Waals surface area contributed by atoms with Crippen LogP contribution in [-0.4, -0.2) is 41.4 Å². The van der Waals surface area contributed by atoms with Crippen molar-refractivity contribution in [1.82, 2.24) is 5.32 Å². The van der Waals surface area contributed by atoms with Gasteiger partial charge in [-0.25, -0.2) is 9.59 Å². The summed E-state index contributed by atoms with van der Waals surface area (Å²) in [5.74, 6) is -1.03. The van der Waals surface area contributed by atoms with Crippen molar-refractivity contribution in [3.05, 3.63) is 95.1 Å². The number of rotatable bonds is 8. The first-order valence-electron chi connectivity index (χ1n) is 14.7. The standard InChI is InChI=1S/C35H39NO6/c1-35(2,3)42-33(39)25-18-16-24(17-19-25)23-14-12-22(13-15-23)20-31(32(37)38)36-34(40)41-21-30-28-10-6-4-8-26(28)27-9-5-7-11-29(27)30/h4-15,24-25,30-31H,16-21H2,1-3H3,(H,36,40)(H,37,38)/t24?,25?,31-/m0/s1. The van der Waals surface area contributed by atoms with Crippen molar-refractivity contribution in [3.63, 3.8) is 0 Å². The van der Waals surface area contributed by atoms with Crippen LogP contribution in [0.25, 0.3) is 11.1 Å². The van der Waals surface area contributed by atoms with Crippen LogP contribution < -0.4 is 5.32 Å². The summed E-state index contributed by atoms with van der Waals surface area (Å²) in [5, 5.41) is 12.4. The second kappa shape index (κ2) is 12.4. The van der Waals surface area contributed by atoms with Crippen molar-refractivity contribution in [2.24, 2.45) is 5.92 Å². The maximum atomic E-state index is 12.7. The maximum Gasteiger partial charge on any atom is 0.407 e. The van der Waals surface area contributed by atoms with Gasteiger partial charge in [-0.05, 0) is 85.8 Å². The monoisotopic (exact) mass is 569 g/mol. The largest absolute Gasteiger partial charge is 0.480 e. The SMILES string of the molecule is CC(C)(C)OC(=O)C1CCC(c2ccc(C[C@H](NC(=O)OCC3c4ccccc4-c4ccccc43)C(=O)O)cc2)CC1. The Kier molecular flexibility index (Phi) is 8.66. The highest BCUT2D eigenvalue weighted by molar-refractivity contribution is 5.81. The van der Waals surface area contributed by atoms with Crippen LogP contribution in [0.1, 0.15) is 80.5 Å². The van der Waals surface area contributed by atoms with Crippen molar-refractivity contribution >= 4 is 18.0 Å². The van der Waals surface area contributed by atoms with Crippen molar-refractivity contribution in [1.29, 1.82) is 0 Å². The number of carbonyl (C=O) groups excluding carboxylic acids is 2. The molecule has 2 aliphatic rings. The van der Waals surface area contributed by atoms with Gasteiger partial charge in [0.25, 0.3) is 0 Å². The molecule has 0 aromatic heterocycles. The third-order valence-electron chi connectivity index (χ3n) is 8.29. The Bertz CT molecular complexity index is 1390. The molecule has 1 fully saturated rings. The summed E-state index contributed by atoms with van der Waals surface area (Å²) in [6.07, 6.45) is 2.81. The predicted octanol–water partition coefficient (Wildman–Crippen LogP) is 6.84. The molecule has 0 spiro atoms. The summed E-state index contributed by atoms with van der Waals surface area (Å²) in [5.41, 5.74) is 5.97. The molecule has 0 saturated heterocycles. The second-order valence-electron chi connectivity index (χ2n) is 12.4. The molecule has 0 heterocycles. The Labute approximate surface area is 247 Å². The summed E-state index contributed by atoms with van der Waals surface area (Å²) in [6, 6.07) is 22.9. The Morgan fingerprint density at radius 2 is 1.43 bits per heavy atom. The zero-order valence-electron chi connectivity index (χ0n) is 24.5. The number of ether oxygens (including phenoxy) is 2. The van der Waals surface area contributed by atoms with E-state index in [0.29, 0.717) is 5.92 Å². The predicted molar refractivity (Wildman–Crippen MR) is 160 cm³/mol. The first-order chi connectivity index (χ1) is 20.1. The lowest BCUT2D eigenvalue weighted by atomic mass is 9.78. The number of carboxylic acid groups (broad SMARTS) is 1. The Balaban J connectivity index is 1.14. The molecule has 2 aliphatic carbocycles. The number of benzene rings is 3. The van der Waals surface area contributed by atoms with Crippen LogP contribution in [0.3, 0.4) is 0 Å². The third-order valence-corrected chi connectivity index (χ3v) is 8.29. The number of nitrogens with one attached hydrogen (secondary N) is 1. The number of aliphatic carboxylic acids is 1. The molecule has 0 bridgehead atoms. The molecule has 7 heteroatoms. The van der Waals surface area contributed by atoms with E-state index in [4.69, 9.17) is 9.47 Å². The summed E-state index contributed by atoms with van der Waals surface area (Å²) in [7, 11) is 0. The van der Waals surface area contributed by atoms with Crippen LogP contribution in [-0.2, 0) is 25.5 Å². The van der Waals surface area contributed by atoms with Gasteiger partial charge in [0.15, 0.2) is 0 Å². The second-order valence-corrected chi connectivity index (χ2v) is 12.4. The fourth-order valence-electron chi connectivity index (χ4n) is 6.19. The zero-order valence-corrected chi connectivity index (χ0v) is 24.5. The average Bonchev–Trinajstić information content (AvgIpc) is 3.29. The third kappa shape index (κ3) is 6.84. The van der Waals surface area contributed by atoms with Gasteiger partial charge in [-0.3, -0.25) is 4.79 Å².